The van der Waals surface area contributed by atoms with Crippen LogP contribution in [0.25, 0.3) is 10.8 Å². The average Bonchev–Trinajstić information content (AvgIpc) is 2.73. The number of aryl methyl sites for hydroxylation is 1. The summed E-state index contributed by atoms with van der Waals surface area (Å²) in [6.07, 6.45) is 5.71. The molecule has 4 nitrogen and oxygen atoms in total. The molecular formula is C23H24N2O2. The van der Waals surface area contributed by atoms with Crippen molar-refractivity contribution in [2.45, 2.75) is 25.4 Å². The fourth-order valence-electron chi connectivity index (χ4n) is 3.74. The topological polar surface area (TPSA) is 42.4 Å². The highest BCUT2D eigenvalue weighted by Gasteiger charge is 2.24. The average molecular weight is 360 g/mol. The van der Waals surface area contributed by atoms with Crippen LogP contribution in [0.4, 0.5) is 0 Å². The summed E-state index contributed by atoms with van der Waals surface area (Å²) < 4.78 is 5.97. The molecule has 3 aromatic rings. The monoisotopic (exact) mass is 360 g/mol. The van der Waals surface area contributed by atoms with Gasteiger partial charge in [0.05, 0.1) is 12.7 Å². The molecule has 1 aliphatic heterocycles. The number of pyridine rings is 1. The molecule has 0 unspecified atom stereocenters. The molecule has 4 rings (SSSR count). The van der Waals surface area contributed by atoms with Gasteiger partial charge in [0.2, 0.25) is 5.91 Å². The standard InChI is InChI=1S/C23H24N2O2/c26-23(9-8-18-10-12-24-13-11-18)25-14-15-27-21(17-25)16-20-6-3-5-19-4-1-2-7-22(19)20/h1-7,10-13,21H,8-9,14-17H2/t21-/m1/s1. The normalized spacial score (nSPS) is 17.2. The first-order valence-electron chi connectivity index (χ1n) is 9.54. The quantitative estimate of drug-likeness (QED) is 0.698. The van der Waals surface area contributed by atoms with Crippen LogP contribution in [-0.4, -0.2) is 41.6 Å². The Kier molecular flexibility index (Phi) is 5.45. The summed E-state index contributed by atoms with van der Waals surface area (Å²) in [5, 5.41) is 2.51. The SMILES string of the molecule is O=C(CCc1ccncc1)N1CCO[C@H](Cc2cccc3ccccc23)C1. The third kappa shape index (κ3) is 4.34. The van der Waals surface area contributed by atoms with Crippen LogP contribution in [0.3, 0.4) is 0 Å². The van der Waals surface area contributed by atoms with E-state index in [0.717, 1.165) is 18.4 Å². The van der Waals surface area contributed by atoms with Crippen LogP contribution >= 0.6 is 0 Å². The van der Waals surface area contributed by atoms with E-state index in [-0.39, 0.29) is 12.0 Å². The molecule has 2 aromatic carbocycles. The second-order valence-corrected chi connectivity index (χ2v) is 7.03. The minimum Gasteiger partial charge on any atom is -0.374 e. The fourth-order valence-corrected chi connectivity index (χ4v) is 3.74. The molecule has 0 radical (unpaired) electrons. The van der Waals surface area contributed by atoms with Gasteiger partial charge in [-0.05, 0) is 40.5 Å². The summed E-state index contributed by atoms with van der Waals surface area (Å²) in [7, 11) is 0. The maximum absolute atomic E-state index is 12.6. The fraction of sp³-hybridized carbons (Fsp3) is 0.304. The highest BCUT2D eigenvalue weighted by molar-refractivity contribution is 5.85. The van der Waals surface area contributed by atoms with Crippen molar-refractivity contribution in [3.8, 4) is 0 Å². The van der Waals surface area contributed by atoms with Crippen molar-refractivity contribution < 1.29 is 9.53 Å². The van der Waals surface area contributed by atoms with Crippen molar-refractivity contribution in [2.75, 3.05) is 19.7 Å². The third-order valence-electron chi connectivity index (χ3n) is 5.20. The first kappa shape index (κ1) is 17.7. The number of rotatable bonds is 5. The Bertz CT molecular complexity index is 905. The van der Waals surface area contributed by atoms with Crippen LogP contribution < -0.4 is 0 Å². The zero-order valence-electron chi connectivity index (χ0n) is 15.4. The van der Waals surface area contributed by atoms with E-state index in [1.165, 1.54) is 16.3 Å². The zero-order valence-corrected chi connectivity index (χ0v) is 15.4. The van der Waals surface area contributed by atoms with Crippen LogP contribution in [0.15, 0.2) is 67.0 Å². The number of amides is 1. The lowest BCUT2D eigenvalue weighted by molar-refractivity contribution is -0.138. The van der Waals surface area contributed by atoms with Crippen LogP contribution in [0.5, 0.6) is 0 Å². The molecule has 0 saturated carbocycles. The molecule has 1 fully saturated rings. The zero-order chi connectivity index (χ0) is 18.5. The highest BCUT2D eigenvalue weighted by atomic mass is 16.5. The second-order valence-electron chi connectivity index (χ2n) is 7.03. The van der Waals surface area contributed by atoms with Crippen LogP contribution in [-0.2, 0) is 22.4 Å². The summed E-state index contributed by atoms with van der Waals surface area (Å²) in [6, 6.07) is 18.8. The van der Waals surface area contributed by atoms with Crippen molar-refractivity contribution in [1.82, 2.24) is 9.88 Å². The second kappa shape index (κ2) is 8.31. The van der Waals surface area contributed by atoms with Crippen molar-refractivity contribution >= 4 is 16.7 Å². The number of carbonyl (C=O) groups is 1. The number of benzene rings is 2. The summed E-state index contributed by atoms with van der Waals surface area (Å²) in [6.45, 7) is 1.95. The van der Waals surface area contributed by atoms with Crippen molar-refractivity contribution in [3.63, 3.8) is 0 Å². The van der Waals surface area contributed by atoms with E-state index in [2.05, 4.69) is 47.4 Å². The third-order valence-corrected chi connectivity index (χ3v) is 5.20. The minimum absolute atomic E-state index is 0.0504. The number of fused-ring (bicyclic) bond motifs is 1. The van der Waals surface area contributed by atoms with Gasteiger partial charge in [-0.2, -0.15) is 0 Å². The molecule has 1 aliphatic rings. The number of nitrogens with zero attached hydrogens (tertiary/aromatic N) is 2. The Morgan fingerprint density at radius 2 is 1.89 bits per heavy atom. The van der Waals surface area contributed by atoms with E-state index in [4.69, 9.17) is 4.74 Å². The minimum atomic E-state index is 0.0504. The first-order valence-corrected chi connectivity index (χ1v) is 9.54. The molecule has 2 heterocycles. The van der Waals surface area contributed by atoms with E-state index < -0.39 is 0 Å². The number of carbonyl (C=O) groups excluding carboxylic acids is 1. The van der Waals surface area contributed by atoms with Gasteiger partial charge >= 0.3 is 0 Å². The molecule has 0 spiro atoms. The molecule has 1 saturated heterocycles. The summed E-state index contributed by atoms with van der Waals surface area (Å²) in [4.78, 5) is 18.6. The molecule has 0 aliphatic carbocycles. The maximum atomic E-state index is 12.6. The Hall–Kier alpha value is -2.72. The Balaban J connectivity index is 1.38. The number of hydrogen-bond donors (Lipinski definition) is 0. The number of morpholine rings is 1. The molecular weight excluding hydrogens is 336 g/mol. The molecule has 1 aromatic heterocycles. The van der Waals surface area contributed by atoms with Gasteiger partial charge in [-0.25, -0.2) is 0 Å². The molecule has 138 valence electrons. The predicted molar refractivity (Wildman–Crippen MR) is 107 cm³/mol. The Morgan fingerprint density at radius 3 is 2.78 bits per heavy atom. The maximum Gasteiger partial charge on any atom is 0.223 e. The van der Waals surface area contributed by atoms with Gasteiger partial charge in [-0.3, -0.25) is 9.78 Å². The van der Waals surface area contributed by atoms with E-state index in [0.29, 0.717) is 26.1 Å². The lowest BCUT2D eigenvalue weighted by Gasteiger charge is -2.33. The van der Waals surface area contributed by atoms with E-state index in [1.54, 1.807) is 12.4 Å². The largest absolute Gasteiger partial charge is 0.374 e. The summed E-state index contributed by atoms with van der Waals surface area (Å²) in [5.41, 5.74) is 2.43. The Morgan fingerprint density at radius 1 is 1.07 bits per heavy atom. The number of hydrogen-bond acceptors (Lipinski definition) is 3. The van der Waals surface area contributed by atoms with Gasteiger partial charge < -0.3 is 9.64 Å². The summed E-state index contributed by atoms with van der Waals surface area (Å²) in [5.74, 6) is 0.207. The van der Waals surface area contributed by atoms with Gasteiger partial charge in [-0.1, -0.05) is 42.5 Å². The lowest BCUT2D eigenvalue weighted by atomic mass is 9.99. The highest BCUT2D eigenvalue weighted by Crippen LogP contribution is 2.22. The molecule has 0 bridgehead atoms. The number of aromatic nitrogens is 1. The van der Waals surface area contributed by atoms with E-state index >= 15 is 0 Å². The molecule has 1 amide bonds. The van der Waals surface area contributed by atoms with Gasteiger partial charge in [0.15, 0.2) is 0 Å². The predicted octanol–water partition coefficient (Wildman–Crippen LogP) is 3.64. The molecule has 0 N–H and O–H groups in total. The van der Waals surface area contributed by atoms with E-state index in [1.807, 2.05) is 17.0 Å². The van der Waals surface area contributed by atoms with E-state index in [9.17, 15) is 4.79 Å². The lowest BCUT2D eigenvalue weighted by Crippen LogP contribution is -2.46. The van der Waals surface area contributed by atoms with Crippen LogP contribution in [0, 0.1) is 0 Å². The molecule has 27 heavy (non-hydrogen) atoms. The number of ether oxygens (including phenoxy) is 1. The Labute approximate surface area is 159 Å². The summed E-state index contributed by atoms with van der Waals surface area (Å²) >= 11 is 0. The van der Waals surface area contributed by atoms with Crippen LogP contribution in [0.2, 0.25) is 0 Å². The van der Waals surface area contributed by atoms with Gasteiger partial charge in [0, 0.05) is 38.3 Å². The van der Waals surface area contributed by atoms with Gasteiger partial charge in [-0.15, -0.1) is 0 Å². The van der Waals surface area contributed by atoms with Crippen molar-refractivity contribution in [2.24, 2.45) is 0 Å². The first-order chi connectivity index (χ1) is 13.3. The van der Waals surface area contributed by atoms with Crippen molar-refractivity contribution in [3.05, 3.63) is 78.1 Å². The van der Waals surface area contributed by atoms with Gasteiger partial charge in [0.1, 0.15) is 0 Å². The smallest absolute Gasteiger partial charge is 0.223 e. The van der Waals surface area contributed by atoms with Crippen LogP contribution in [0.1, 0.15) is 17.5 Å². The van der Waals surface area contributed by atoms with Crippen molar-refractivity contribution in [1.29, 1.82) is 0 Å². The molecule has 4 heteroatoms. The molecule has 1 atom stereocenters. The van der Waals surface area contributed by atoms with Gasteiger partial charge in [0.25, 0.3) is 0 Å².